The van der Waals surface area contributed by atoms with E-state index >= 15 is 0 Å². The Morgan fingerprint density at radius 2 is 1.02 bits per heavy atom. The van der Waals surface area contributed by atoms with Crippen molar-refractivity contribution in [1.29, 1.82) is 0 Å². The maximum Gasteiger partial charge on any atom is 1.00 e. The molecule has 0 saturated carbocycles. The molecule has 2 amide bonds. The van der Waals surface area contributed by atoms with Crippen LogP contribution in [0.5, 0.6) is 0 Å². The van der Waals surface area contributed by atoms with Gasteiger partial charge in [0.1, 0.15) is 0 Å². The molecule has 60 heavy (non-hydrogen) atoms. The standard InChI is InChI=1S/C41H88N2O10Si5.2Na/c1-13-14-15-16-17-18-19-20-21-22-23-24-25-26-28-37(2)58(12,51-55(6,7)8)53-57(11,52-56(9,10)50-54(3,4)5)36-27-34-43(39(45)30-32-41(48)49)35-33-42-38(44)29-31-40(46)47;;/h37H,13-36H2,1-12H3,(H,42,44)(H,46,47)(H,48,49);;/q;2*+1/p-2. The fraction of sp³-hybridized carbons (Fsp3) is 0.902. The molecule has 0 aromatic heterocycles. The van der Waals surface area contributed by atoms with Crippen molar-refractivity contribution >= 4 is 66.1 Å². The number of hydrogen-bond donors (Lipinski definition) is 1. The van der Waals surface area contributed by atoms with Gasteiger partial charge in [-0.05, 0) is 103 Å². The van der Waals surface area contributed by atoms with Crippen LogP contribution in [0.4, 0.5) is 0 Å². The molecule has 0 aromatic rings. The maximum atomic E-state index is 13.2. The van der Waals surface area contributed by atoms with Gasteiger partial charge in [0.2, 0.25) is 11.8 Å². The first kappa shape index (κ1) is 65.1. The number of carbonyl (C=O) groups is 4. The molecule has 0 spiro atoms. The molecule has 0 aromatic carbocycles. The molecule has 0 heterocycles. The van der Waals surface area contributed by atoms with Crippen LogP contribution < -0.4 is 74.6 Å². The Kier molecular flexibility index (Phi) is 37.1. The van der Waals surface area contributed by atoms with E-state index in [9.17, 15) is 29.4 Å². The molecule has 12 nitrogen and oxygen atoms in total. The van der Waals surface area contributed by atoms with E-state index in [-0.39, 0.29) is 96.5 Å². The van der Waals surface area contributed by atoms with Crippen molar-refractivity contribution < 1.29 is 105 Å². The Bertz CT molecular complexity index is 1200. The van der Waals surface area contributed by atoms with E-state index in [0.717, 1.165) is 12.8 Å². The summed E-state index contributed by atoms with van der Waals surface area (Å²) < 4.78 is 28.3. The first-order chi connectivity index (χ1) is 26.8. The SMILES string of the molecule is CCCCCCCCCCCCCCCCC(C)[Si](C)(O[Si](C)(C)C)O[Si](C)(CCCN(CCNC(=O)CCC(=O)[O-])C(=O)CCC(=O)[O-])O[Si](C)(C)O[Si](C)(C)C.[Na+].[Na+]. The average Bonchev–Trinajstić information content (AvgIpc) is 3.06. The van der Waals surface area contributed by atoms with Gasteiger partial charge >= 0.3 is 84.8 Å². The van der Waals surface area contributed by atoms with Gasteiger partial charge in [-0.2, -0.15) is 0 Å². The largest absolute Gasteiger partial charge is 1.00 e. The summed E-state index contributed by atoms with van der Waals surface area (Å²) in [5, 5.41) is 24.6. The molecule has 3 unspecified atom stereocenters. The molecule has 3 atom stereocenters. The van der Waals surface area contributed by atoms with Gasteiger partial charge in [-0.1, -0.05) is 104 Å². The molecule has 0 rings (SSSR count). The van der Waals surface area contributed by atoms with Crippen LogP contribution in [0.3, 0.4) is 0 Å². The van der Waals surface area contributed by atoms with E-state index in [1.807, 2.05) is 0 Å². The van der Waals surface area contributed by atoms with E-state index in [0.29, 0.717) is 19.0 Å². The van der Waals surface area contributed by atoms with Gasteiger partial charge in [0.15, 0.2) is 16.6 Å². The monoisotopic (exact) mass is 952 g/mol. The maximum absolute atomic E-state index is 13.2. The predicted octanol–water partition coefficient (Wildman–Crippen LogP) is 2.23. The number of amides is 2. The molecular weight excluding hydrogens is 867 g/mol. The third-order valence-electron chi connectivity index (χ3n) is 10.0. The average molecular weight is 954 g/mol. The van der Waals surface area contributed by atoms with Gasteiger partial charge in [0.25, 0.3) is 0 Å². The van der Waals surface area contributed by atoms with E-state index in [1.54, 1.807) is 4.90 Å². The Labute approximate surface area is 416 Å². The van der Waals surface area contributed by atoms with Crippen molar-refractivity contribution in [2.24, 2.45) is 0 Å². The fourth-order valence-electron chi connectivity index (χ4n) is 7.52. The van der Waals surface area contributed by atoms with Crippen molar-refractivity contribution in [3.8, 4) is 0 Å². The summed E-state index contributed by atoms with van der Waals surface area (Å²) in [7, 11) is -12.5. The third kappa shape index (κ3) is 36.1. The Morgan fingerprint density at radius 3 is 1.47 bits per heavy atom. The minimum Gasteiger partial charge on any atom is -0.550 e. The van der Waals surface area contributed by atoms with Gasteiger partial charge < -0.3 is 46.5 Å². The summed E-state index contributed by atoms with van der Waals surface area (Å²) >= 11 is 0. The van der Waals surface area contributed by atoms with Gasteiger partial charge in [-0.3, -0.25) is 9.59 Å². The van der Waals surface area contributed by atoms with Crippen LogP contribution in [0.25, 0.3) is 0 Å². The zero-order valence-corrected chi connectivity index (χ0v) is 50.1. The molecule has 0 aliphatic heterocycles. The molecule has 1 N–H and O–H groups in total. The van der Waals surface area contributed by atoms with Gasteiger partial charge in [-0.15, -0.1) is 0 Å². The normalized spacial score (nSPS) is 14.5. The first-order valence-corrected chi connectivity index (χ1v) is 37.1. The number of rotatable bonds is 37. The van der Waals surface area contributed by atoms with Crippen molar-refractivity contribution in [1.82, 2.24) is 10.2 Å². The van der Waals surface area contributed by atoms with Gasteiger partial charge in [0, 0.05) is 44.4 Å². The second-order valence-corrected chi connectivity index (χ2v) is 39.3. The second kappa shape index (κ2) is 34.2. The minimum absolute atomic E-state index is 0. The number of hydrogen-bond acceptors (Lipinski definition) is 10. The Hall–Kier alpha value is 0.804. The zero-order valence-electron chi connectivity index (χ0n) is 41.1. The molecule has 0 aliphatic carbocycles. The molecule has 0 radical (unpaired) electrons. The van der Waals surface area contributed by atoms with Crippen LogP contribution in [0.15, 0.2) is 0 Å². The molecule has 0 fully saturated rings. The van der Waals surface area contributed by atoms with Crippen molar-refractivity contribution in [3.05, 3.63) is 0 Å². The first-order valence-electron chi connectivity index (χ1n) is 22.6. The van der Waals surface area contributed by atoms with Crippen LogP contribution >= 0.6 is 0 Å². The number of carbonyl (C=O) groups excluding carboxylic acids is 4. The smallest absolute Gasteiger partial charge is 0.550 e. The molecule has 342 valence electrons. The summed E-state index contributed by atoms with van der Waals surface area (Å²) in [5.41, 5.74) is 0.234. The topological polar surface area (TPSA) is 167 Å². The number of aliphatic carboxylic acids is 2. The second-order valence-electron chi connectivity index (χ2n) is 19.0. The number of carboxylic acids is 2. The van der Waals surface area contributed by atoms with Gasteiger partial charge in [-0.25, -0.2) is 0 Å². The van der Waals surface area contributed by atoms with E-state index in [2.05, 4.69) is 84.6 Å². The summed E-state index contributed by atoms with van der Waals surface area (Å²) in [6.07, 6.45) is 18.8. The quantitative estimate of drug-likeness (QED) is 0.0722. The van der Waals surface area contributed by atoms with Crippen molar-refractivity contribution in [2.45, 2.75) is 219 Å². The Balaban J connectivity index is -0.0000162. The number of carboxylic acid groups (broad SMARTS) is 2. The van der Waals surface area contributed by atoms with E-state index in [4.69, 9.17) is 16.5 Å². The molecule has 0 saturated heterocycles. The zero-order chi connectivity index (χ0) is 44.5. The molecule has 0 bridgehead atoms. The summed E-state index contributed by atoms with van der Waals surface area (Å²) in [6, 6.07) is 0.559. The summed E-state index contributed by atoms with van der Waals surface area (Å²) in [4.78, 5) is 48.8. The number of unbranched alkanes of at least 4 members (excludes halogenated alkanes) is 13. The third-order valence-corrected chi connectivity index (χ3v) is 28.9. The number of nitrogens with one attached hydrogen (secondary N) is 1. The van der Waals surface area contributed by atoms with Crippen LogP contribution in [0.2, 0.25) is 77.1 Å². The van der Waals surface area contributed by atoms with E-state index in [1.165, 1.54) is 83.5 Å². The van der Waals surface area contributed by atoms with Crippen LogP contribution in [-0.4, -0.2) is 90.6 Å². The Morgan fingerprint density at radius 1 is 0.567 bits per heavy atom. The van der Waals surface area contributed by atoms with Crippen LogP contribution in [0, 0.1) is 0 Å². The summed E-state index contributed by atoms with van der Waals surface area (Å²) in [5.74, 6) is -3.45. The number of nitrogens with zero attached hydrogens (tertiary/aromatic N) is 1. The molecule has 19 heteroatoms. The summed E-state index contributed by atoms with van der Waals surface area (Å²) in [6.45, 7) is 26.7. The fourth-order valence-corrected chi connectivity index (χ4v) is 31.5. The van der Waals surface area contributed by atoms with Crippen LogP contribution in [0.1, 0.15) is 142 Å². The molecular formula is C41H86N2Na2O10Si5. The van der Waals surface area contributed by atoms with E-state index < -0.39 is 73.0 Å². The van der Waals surface area contributed by atoms with Crippen LogP contribution in [-0.2, 0) is 35.6 Å². The minimum atomic E-state index is -3.03. The van der Waals surface area contributed by atoms with Crippen molar-refractivity contribution in [3.63, 3.8) is 0 Å². The van der Waals surface area contributed by atoms with Crippen molar-refractivity contribution in [2.75, 3.05) is 19.6 Å². The van der Waals surface area contributed by atoms with Gasteiger partial charge in [0.05, 0.1) is 0 Å². The molecule has 0 aliphatic rings. The predicted molar refractivity (Wildman–Crippen MR) is 244 cm³/mol.